The number of amides is 1. The molecule has 0 bridgehead atoms. The molecular weight excluding hydrogens is 336 g/mol. The maximum Gasteiger partial charge on any atom is 0.232 e. The molecule has 0 unspecified atom stereocenters. The lowest BCUT2D eigenvalue weighted by Gasteiger charge is -2.16. The SMILES string of the molecule is O=C1C[C@@H](c2nc(-c3ccncc3)no2)CN1c1ccc2c(c1)OCO2. The number of aromatic nitrogens is 3. The molecule has 1 amide bonds. The van der Waals surface area contributed by atoms with Crippen molar-refractivity contribution < 1.29 is 18.8 Å². The highest BCUT2D eigenvalue weighted by Gasteiger charge is 2.35. The Kier molecular flexibility index (Phi) is 3.34. The Hall–Kier alpha value is -3.42. The number of hydrogen-bond acceptors (Lipinski definition) is 7. The second kappa shape index (κ2) is 5.83. The summed E-state index contributed by atoms with van der Waals surface area (Å²) < 4.78 is 16.1. The number of pyridine rings is 1. The summed E-state index contributed by atoms with van der Waals surface area (Å²) in [6.45, 7) is 0.686. The first-order chi connectivity index (χ1) is 12.8. The number of fused-ring (bicyclic) bond motifs is 1. The van der Waals surface area contributed by atoms with E-state index in [4.69, 9.17) is 14.0 Å². The van der Waals surface area contributed by atoms with E-state index in [1.807, 2.05) is 30.3 Å². The van der Waals surface area contributed by atoms with Crippen molar-refractivity contribution in [2.45, 2.75) is 12.3 Å². The van der Waals surface area contributed by atoms with Gasteiger partial charge in [-0.05, 0) is 24.3 Å². The van der Waals surface area contributed by atoms with E-state index in [1.165, 1.54) is 0 Å². The summed E-state index contributed by atoms with van der Waals surface area (Å²) in [6.07, 6.45) is 3.67. The Morgan fingerprint density at radius 3 is 2.81 bits per heavy atom. The topological polar surface area (TPSA) is 90.6 Å². The molecule has 0 saturated carbocycles. The fraction of sp³-hybridized carbons (Fsp3) is 0.222. The molecule has 1 aromatic carbocycles. The van der Waals surface area contributed by atoms with E-state index < -0.39 is 0 Å². The molecule has 1 fully saturated rings. The van der Waals surface area contributed by atoms with Gasteiger partial charge >= 0.3 is 0 Å². The summed E-state index contributed by atoms with van der Waals surface area (Å²) >= 11 is 0. The first kappa shape index (κ1) is 14.9. The van der Waals surface area contributed by atoms with Gasteiger partial charge in [-0.25, -0.2) is 0 Å². The van der Waals surface area contributed by atoms with Crippen LogP contribution in [-0.4, -0.2) is 34.4 Å². The van der Waals surface area contributed by atoms with Gasteiger partial charge in [0.25, 0.3) is 0 Å². The third-order valence-corrected chi connectivity index (χ3v) is 4.52. The molecule has 2 aliphatic heterocycles. The molecule has 130 valence electrons. The summed E-state index contributed by atoms with van der Waals surface area (Å²) in [7, 11) is 0. The van der Waals surface area contributed by atoms with E-state index in [9.17, 15) is 4.79 Å². The van der Waals surface area contributed by atoms with Gasteiger partial charge in [0.15, 0.2) is 11.5 Å². The minimum absolute atomic E-state index is 0.0116. The lowest BCUT2D eigenvalue weighted by molar-refractivity contribution is -0.117. The van der Waals surface area contributed by atoms with Crippen molar-refractivity contribution in [1.82, 2.24) is 15.1 Å². The molecule has 1 atom stereocenters. The predicted octanol–water partition coefficient (Wildman–Crippen LogP) is 2.38. The Morgan fingerprint density at radius 2 is 1.92 bits per heavy atom. The normalized spacial score (nSPS) is 18.5. The molecule has 8 nitrogen and oxygen atoms in total. The summed E-state index contributed by atoms with van der Waals surface area (Å²) in [4.78, 5) is 22.6. The van der Waals surface area contributed by atoms with Gasteiger partial charge < -0.3 is 18.9 Å². The van der Waals surface area contributed by atoms with Gasteiger partial charge in [0, 0.05) is 42.7 Å². The number of benzene rings is 1. The third kappa shape index (κ3) is 2.46. The Morgan fingerprint density at radius 1 is 1.08 bits per heavy atom. The molecule has 26 heavy (non-hydrogen) atoms. The number of rotatable bonds is 3. The largest absolute Gasteiger partial charge is 0.454 e. The zero-order valence-corrected chi connectivity index (χ0v) is 13.7. The number of carbonyl (C=O) groups is 1. The summed E-state index contributed by atoms with van der Waals surface area (Å²) in [5, 5.41) is 4.02. The fourth-order valence-corrected chi connectivity index (χ4v) is 3.19. The predicted molar refractivity (Wildman–Crippen MR) is 89.8 cm³/mol. The minimum Gasteiger partial charge on any atom is -0.454 e. The quantitative estimate of drug-likeness (QED) is 0.716. The minimum atomic E-state index is -0.143. The molecule has 3 aromatic rings. The van der Waals surface area contributed by atoms with Crippen molar-refractivity contribution in [3.05, 3.63) is 48.6 Å². The number of nitrogens with zero attached hydrogens (tertiary/aromatic N) is 4. The van der Waals surface area contributed by atoms with Crippen LogP contribution < -0.4 is 14.4 Å². The van der Waals surface area contributed by atoms with Crippen molar-refractivity contribution in [3.63, 3.8) is 0 Å². The number of anilines is 1. The Bertz CT molecular complexity index is 972. The first-order valence-corrected chi connectivity index (χ1v) is 8.22. The molecule has 2 aromatic heterocycles. The summed E-state index contributed by atoms with van der Waals surface area (Å²) in [5.74, 6) is 2.17. The van der Waals surface area contributed by atoms with Crippen LogP contribution in [0.3, 0.4) is 0 Å². The highest BCUT2D eigenvalue weighted by atomic mass is 16.7. The number of hydrogen-bond donors (Lipinski definition) is 0. The van der Waals surface area contributed by atoms with Gasteiger partial charge in [-0.2, -0.15) is 4.98 Å². The lowest BCUT2D eigenvalue weighted by atomic mass is 10.1. The molecule has 4 heterocycles. The van der Waals surface area contributed by atoms with E-state index in [2.05, 4.69) is 15.1 Å². The van der Waals surface area contributed by atoms with Crippen LogP contribution in [0.1, 0.15) is 18.2 Å². The fourth-order valence-electron chi connectivity index (χ4n) is 3.19. The van der Waals surface area contributed by atoms with E-state index in [0.717, 1.165) is 11.3 Å². The van der Waals surface area contributed by atoms with Gasteiger partial charge in [-0.1, -0.05) is 5.16 Å². The average molecular weight is 350 g/mol. The van der Waals surface area contributed by atoms with Crippen LogP contribution >= 0.6 is 0 Å². The molecule has 0 spiro atoms. The molecule has 2 aliphatic rings. The molecular formula is C18H14N4O4. The second-order valence-corrected chi connectivity index (χ2v) is 6.14. The van der Waals surface area contributed by atoms with Crippen molar-refractivity contribution in [1.29, 1.82) is 0 Å². The highest BCUT2D eigenvalue weighted by Crippen LogP contribution is 2.38. The highest BCUT2D eigenvalue weighted by molar-refractivity contribution is 5.96. The maximum absolute atomic E-state index is 12.5. The summed E-state index contributed by atoms with van der Waals surface area (Å²) in [6, 6.07) is 9.11. The number of ether oxygens (including phenoxy) is 2. The third-order valence-electron chi connectivity index (χ3n) is 4.52. The van der Waals surface area contributed by atoms with Crippen LogP contribution in [-0.2, 0) is 4.79 Å². The maximum atomic E-state index is 12.5. The van der Waals surface area contributed by atoms with Crippen LogP contribution in [0.5, 0.6) is 11.5 Å². The molecule has 0 aliphatic carbocycles. The number of carbonyl (C=O) groups excluding carboxylic acids is 1. The van der Waals surface area contributed by atoms with Crippen LogP contribution in [0.25, 0.3) is 11.4 Å². The molecule has 0 N–H and O–H groups in total. The van der Waals surface area contributed by atoms with Crippen molar-refractivity contribution >= 4 is 11.6 Å². The van der Waals surface area contributed by atoms with Gasteiger partial charge in [0.05, 0.1) is 5.92 Å². The Balaban J connectivity index is 1.38. The average Bonchev–Trinajstić information content (AvgIpc) is 3.41. The monoisotopic (exact) mass is 350 g/mol. The van der Waals surface area contributed by atoms with Gasteiger partial charge in [-0.15, -0.1) is 0 Å². The van der Waals surface area contributed by atoms with Crippen LogP contribution in [0.2, 0.25) is 0 Å². The Labute approximate surface area is 148 Å². The first-order valence-electron chi connectivity index (χ1n) is 8.22. The standard InChI is InChI=1S/C18H14N4O4/c23-16-7-12(18-20-17(21-26-18)11-3-5-19-6-4-11)9-22(16)13-1-2-14-15(8-13)25-10-24-14/h1-6,8,12H,7,9-10H2/t12-/m1/s1. The van der Waals surface area contributed by atoms with E-state index in [1.54, 1.807) is 17.3 Å². The van der Waals surface area contributed by atoms with E-state index in [0.29, 0.717) is 36.2 Å². The van der Waals surface area contributed by atoms with Crippen LogP contribution in [0.4, 0.5) is 5.69 Å². The summed E-state index contributed by atoms with van der Waals surface area (Å²) in [5.41, 5.74) is 1.60. The zero-order valence-electron chi connectivity index (χ0n) is 13.7. The van der Waals surface area contributed by atoms with E-state index >= 15 is 0 Å². The smallest absolute Gasteiger partial charge is 0.232 e. The molecule has 1 saturated heterocycles. The van der Waals surface area contributed by atoms with Crippen LogP contribution in [0.15, 0.2) is 47.2 Å². The van der Waals surface area contributed by atoms with Crippen molar-refractivity contribution in [2.24, 2.45) is 0 Å². The lowest BCUT2D eigenvalue weighted by Crippen LogP contribution is -2.24. The molecule has 0 radical (unpaired) electrons. The van der Waals surface area contributed by atoms with Gasteiger partial charge in [0.1, 0.15) is 0 Å². The van der Waals surface area contributed by atoms with Crippen molar-refractivity contribution in [3.8, 4) is 22.9 Å². The van der Waals surface area contributed by atoms with E-state index in [-0.39, 0.29) is 18.6 Å². The molecule has 5 rings (SSSR count). The van der Waals surface area contributed by atoms with Crippen LogP contribution in [0, 0.1) is 0 Å². The molecule has 8 heteroatoms. The van der Waals surface area contributed by atoms with Gasteiger partial charge in [0.2, 0.25) is 24.4 Å². The van der Waals surface area contributed by atoms with Gasteiger partial charge in [-0.3, -0.25) is 9.78 Å². The second-order valence-electron chi connectivity index (χ2n) is 6.14. The zero-order chi connectivity index (χ0) is 17.5. The van der Waals surface area contributed by atoms with Crippen molar-refractivity contribution in [2.75, 3.05) is 18.2 Å².